The van der Waals surface area contributed by atoms with Crippen molar-refractivity contribution < 1.29 is 18.2 Å². The summed E-state index contributed by atoms with van der Waals surface area (Å²) in [6.07, 6.45) is 1.69. The fourth-order valence-electron chi connectivity index (χ4n) is 0.134. The van der Waals surface area contributed by atoms with Crippen molar-refractivity contribution in [1.82, 2.24) is 0 Å². The quantitative estimate of drug-likeness (QED) is 0.638. The minimum atomic E-state index is -0.156. The van der Waals surface area contributed by atoms with E-state index in [0.717, 1.165) is 12.8 Å². The first-order valence-electron chi connectivity index (χ1n) is 3.50. The van der Waals surface area contributed by atoms with Gasteiger partial charge in [-0.15, -0.1) is 0 Å². The lowest BCUT2D eigenvalue weighted by atomic mass is 10.4. The number of hydrogen-bond acceptors (Lipinski definition) is 1. The van der Waals surface area contributed by atoms with Crippen molar-refractivity contribution in [3.63, 3.8) is 0 Å². The Hall–Kier alpha value is -0.250. The van der Waals surface area contributed by atoms with E-state index in [1.165, 1.54) is 0 Å². The molecule has 0 aliphatic heterocycles. The van der Waals surface area contributed by atoms with Crippen molar-refractivity contribution in [2.75, 3.05) is 20.5 Å². The molecule has 0 unspecified atom stereocenters. The predicted molar refractivity (Wildman–Crippen MR) is 40.6 cm³/mol. The molecule has 4 heteroatoms. The van der Waals surface area contributed by atoms with Crippen LogP contribution in [0.2, 0.25) is 0 Å². The Kier molecular flexibility index (Phi) is 51.2. The van der Waals surface area contributed by atoms with Gasteiger partial charge in [-0.3, -0.25) is 8.78 Å². The molecule has 0 radical (unpaired) electrons. The summed E-state index contributed by atoms with van der Waals surface area (Å²) < 4.78 is 30.7. The third-order valence-corrected chi connectivity index (χ3v) is 0.596. The molecule has 0 N–H and O–H groups in total. The Morgan fingerprint density at radius 3 is 1.55 bits per heavy atom. The maximum Gasteiger partial charge on any atom is 0.0894 e. The van der Waals surface area contributed by atoms with E-state index in [0.29, 0.717) is 7.18 Å². The molecule has 0 fully saturated rings. The van der Waals surface area contributed by atoms with Gasteiger partial charge >= 0.3 is 0 Å². The Labute approximate surface area is 66.5 Å². The summed E-state index contributed by atoms with van der Waals surface area (Å²) in [5.74, 6) is 0. The molecule has 0 aromatic rings. The van der Waals surface area contributed by atoms with Crippen molar-refractivity contribution in [3.8, 4) is 0 Å². The third-order valence-electron chi connectivity index (χ3n) is 0.596. The van der Waals surface area contributed by atoms with Crippen molar-refractivity contribution >= 4 is 0 Å². The number of halogens is 3. The van der Waals surface area contributed by atoms with Crippen LogP contribution in [0.25, 0.3) is 0 Å². The number of alkyl halides is 2. The highest BCUT2D eigenvalue weighted by molar-refractivity contribution is 4.23. The van der Waals surface area contributed by atoms with E-state index in [1.54, 1.807) is 6.92 Å². The number of rotatable bonds is 3. The molecule has 0 spiro atoms. The summed E-state index contributed by atoms with van der Waals surface area (Å²) in [4.78, 5) is 3.04. The summed E-state index contributed by atoms with van der Waals surface area (Å²) in [5.41, 5.74) is 0. The molecular formula is C7H17F3O. The average Bonchev–Trinajstić information content (AvgIpc) is 2.10. The van der Waals surface area contributed by atoms with E-state index in [2.05, 4.69) is 4.94 Å². The van der Waals surface area contributed by atoms with Gasteiger partial charge in [0.25, 0.3) is 0 Å². The van der Waals surface area contributed by atoms with Crippen LogP contribution in [-0.2, 0) is 4.94 Å². The maximum atomic E-state index is 11.0. The van der Waals surface area contributed by atoms with E-state index < -0.39 is 0 Å². The third kappa shape index (κ3) is 77.4. The fraction of sp³-hybridized carbons (Fsp3) is 1.00. The van der Waals surface area contributed by atoms with Crippen LogP contribution in [-0.4, -0.2) is 20.5 Å². The fourth-order valence-corrected chi connectivity index (χ4v) is 0.134. The van der Waals surface area contributed by atoms with Crippen LogP contribution in [0, 0.1) is 0 Å². The van der Waals surface area contributed by atoms with Gasteiger partial charge in [0.05, 0.1) is 20.5 Å². The van der Waals surface area contributed by atoms with Gasteiger partial charge in [0.15, 0.2) is 0 Å². The first-order chi connectivity index (χ1) is 5.33. The van der Waals surface area contributed by atoms with Gasteiger partial charge in [-0.05, 0) is 17.9 Å². The SMILES string of the molecule is CCCCF.CCOF.CF. The average molecular weight is 174 g/mol. The standard InChI is InChI=1S/C4H9F.C2H5FO.CH3F/c1-2-3-4-5;1-2-4-3;1-2/h2-4H2,1H3;2H2,1H3;1H3. The van der Waals surface area contributed by atoms with E-state index in [1.807, 2.05) is 6.92 Å². The first kappa shape index (κ1) is 17.0. The smallest absolute Gasteiger partial charge is 0.0894 e. The summed E-state index contributed by atoms with van der Waals surface area (Å²) in [6, 6.07) is 0. The van der Waals surface area contributed by atoms with Crippen LogP contribution in [0.3, 0.4) is 0 Å². The molecule has 0 amide bonds. The Morgan fingerprint density at radius 1 is 1.18 bits per heavy atom. The van der Waals surface area contributed by atoms with E-state index in [9.17, 15) is 13.3 Å². The molecule has 11 heavy (non-hydrogen) atoms. The van der Waals surface area contributed by atoms with Gasteiger partial charge in [0, 0.05) is 0 Å². The minimum Gasteiger partial charge on any atom is -0.255 e. The Morgan fingerprint density at radius 2 is 1.55 bits per heavy atom. The molecule has 0 heterocycles. The summed E-state index contributed by atoms with van der Waals surface area (Å²) in [5, 5.41) is 0. The van der Waals surface area contributed by atoms with Crippen LogP contribution in [0.5, 0.6) is 0 Å². The zero-order valence-corrected chi connectivity index (χ0v) is 7.37. The van der Waals surface area contributed by atoms with Crippen LogP contribution in [0.15, 0.2) is 0 Å². The molecular weight excluding hydrogens is 157 g/mol. The lowest BCUT2D eigenvalue weighted by Crippen LogP contribution is -1.67. The largest absolute Gasteiger partial charge is 0.255 e. The molecule has 0 rings (SSSR count). The number of hydrogen-bond donors (Lipinski definition) is 0. The van der Waals surface area contributed by atoms with Gasteiger partial charge < -0.3 is 0 Å². The second-order valence-corrected chi connectivity index (χ2v) is 1.44. The maximum absolute atomic E-state index is 11.0. The molecule has 0 bridgehead atoms. The lowest BCUT2D eigenvalue weighted by Gasteiger charge is -1.76. The van der Waals surface area contributed by atoms with Gasteiger partial charge in [-0.1, -0.05) is 13.3 Å². The van der Waals surface area contributed by atoms with E-state index >= 15 is 0 Å². The summed E-state index contributed by atoms with van der Waals surface area (Å²) in [7, 11) is 0.500. The normalized spacial score (nSPS) is 7.09. The van der Waals surface area contributed by atoms with Gasteiger partial charge in [0.1, 0.15) is 0 Å². The summed E-state index contributed by atoms with van der Waals surface area (Å²) in [6.45, 7) is 3.55. The zero-order valence-electron chi connectivity index (χ0n) is 7.37. The minimum absolute atomic E-state index is 0.153. The highest BCUT2D eigenvalue weighted by Gasteiger charge is 1.71. The molecule has 1 nitrogen and oxygen atoms in total. The highest BCUT2D eigenvalue weighted by Crippen LogP contribution is 1.83. The molecule has 0 aliphatic carbocycles. The second-order valence-electron chi connectivity index (χ2n) is 1.44. The Bertz CT molecular complexity index is 32.9. The van der Waals surface area contributed by atoms with Crippen molar-refractivity contribution in [3.05, 3.63) is 0 Å². The molecule has 0 aromatic carbocycles. The highest BCUT2D eigenvalue weighted by atomic mass is 19.3. The molecule has 0 aromatic heterocycles. The molecule has 0 saturated carbocycles. The molecule has 72 valence electrons. The molecule has 0 atom stereocenters. The Balaban J connectivity index is -0.0000000965. The predicted octanol–water partition coefficient (Wildman–Crippen LogP) is 3.25. The van der Waals surface area contributed by atoms with Crippen molar-refractivity contribution in [1.29, 1.82) is 0 Å². The second kappa shape index (κ2) is 33.1. The first-order valence-corrected chi connectivity index (χ1v) is 3.50. The van der Waals surface area contributed by atoms with Crippen LogP contribution in [0.1, 0.15) is 26.7 Å². The van der Waals surface area contributed by atoms with Gasteiger partial charge in [0.2, 0.25) is 0 Å². The lowest BCUT2D eigenvalue weighted by molar-refractivity contribution is -0.125. The summed E-state index contributed by atoms with van der Waals surface area (Å²) >= 11 is 0. The topological polar surface area (TPSA) is 9.23 Å². The zero-order chi connectivity index (χ0) is 9.54. The molecule has 0 aliphatic rings. The van der Waals surface area contributed by atoms with Crippen LogP contribution < -0.4 is 0 Å². The van der Waals surface area contributed by atoms with Gasteiger partial charge in [-0.2, -0.15) is 4.94 Å². The monoisotopic (exact) mass is 174 g/mol. The molecule has 0 saturated heterocycles. The van der Waals surface area contributed by atoms with Crippen molar-refractivity contribution in [2.45, 2.75) is 26.7 Å². The van der Waals surface area contributed by atoms with Crippen molar-refractivity contribution in [2.24, 2.45) is 0 Å². The van der Waals surface area contributed by atoms with Crippen LogP contribution >= 0.6 is 0 Å². The van der Waals surface area contributed by atoms with Gasteiger partial charge in [-0.25, -0.2) is 0 Å². The van der Waals surface area contributed by atoms with Crippen LogP contribution in [0.4, 0.5) is 13.3 Å². The van der Waals surface area contributed by atoms with E-state index in [4.69, 9.17) is 0 Å². The number of unbranched alkanes of at least 4 members (excludes halogenated alkanes) is 1. The van der Waals surface area contributed by atoms with E-state index in [-0.39, 0.29) is 13.3 Å².